The third-order valence-corrected chi connectivity index (χ3v) is 3.71. The molecule has 0 aliphatic carbocycles. The minimum Gasteiger partial charge on any atom is -0.338 e. The average molecular weight is 326 g/mol. The van der Waals surface area contributed by atoms with Crippen LogP contribution >= 0.6 is 15.9 Å². The highest BCUT2D eigenvalue weighted by Crippen LogP contribution is 2.23. The summed E-state index contributed by atoms with van der Waals surface area (Å²) in [5.41, 5.74) is 1.05. The third kappa shape index (κ3) is 3.42. The molecule has 5 heteroatoms. The van der Waals surface area contributed by atoms with Gasteiger partial charge in [0, 0.05) is 31.9 Å². The Hall–Kier alpha value is -1.20. The Bertz CT molecular complexity index is 553. The van der Waals surface area contributed by atoms with Crippen molar-refractivity contribution in [3.05, 3.63) is 52.3 Å². The second-order valence-corrected chi connectivity index (χ2v) is 5.30. The van der Waals surface area contributed by atoms with E-state index in [1.54, 1.807) is 6.20 Å². The molecule has 0 saturated carbocycles. The summed E-state index contributed by atoms with van der Waals surface area (Å²) in [6.07, 6.45) is 4.49. The summed E-state index contributed by atoms with van der Waals surface area (Å²) in [5.74, 6) is 0.766. The van der Waals surface area contributed by atoms with Gasteiger partial charge < -0.3 is 9.88 Å². The number of rotatable bonds is 5. The molecule has 1 atom stereocenters. The van der Waals surface area contributed by atoms with Crippen LogP contribution in [0, 0.1) is 5.82 Å². The van der Waals surface area contributed by atoms with Gasteiger partial charge in [-0.2, -0.15) is 0 Å². The Morgan fingerprint density at radius 3 is 2.84 bits per heavy atom. The van der Waals surface area contributed by atoms with E-state index in [1.165, 1.54) is 6.07 Å². The second-order valence-electron chi connectivity index (χ2n) is 4.44. The highest BCUT2D eigenvalue weighted by molar-refractivity contribution is 9.10. The quantitative estimate of drug-likeness (QED) is 0.914. The minimum atomic E-state index is -0.240. The number of aryl methyl sites for hydroxylation is 1. The van der Waals surface area contributed by atoms with Crippen molar-refractivity contribution in [3.8, 4) is 0 Å². The lowest BCUT2D eigenvalue weighted by molar-refractivity contribution is 0.526. The molecule has 0 aliphatic rings. The van der Waals surface area contributed by atoms with Crippen LogP contribution in [-0.4, -0.2) is 16.1 Å². The fourth-order valence-electron chi connectivity index (χ4n) is 2.06. The van der Waals surface area contributed by atoms with E-state index >= 15 is 0 Å². The van der Waals surface area contributed by atoms with Crippen molar-refractivity contribution < 1.29 is 4.39 Å². The van der Waals surface area contributed by atoms with Crippen molar-refractivity contribution in [1.82, 2.24) is 14.9 Å². The predicted molar refractivity (Wildman–Crippen MR) is 77.4 cm³/mol. The third-order valence-electron chi connectivity index (χ3n) is 3.10. The maximum Gasteiger partial charge on any atom is 0.137 e. The number of hydrogen-bond acceptors (Lipinski definition) is 2. The molecule has 0 saturated heterocycles. The van der Waals surface area contributed by atoms with E-state index in [1.807, 2.05) is 29.9 Å². The molecule has 1 heterocycles. The Kier molecular flexibility index (Phi) is 4.71. The first kappa shape index (κ1) is 14.2. The SMILES string of the molecule is CCNC(Cc1nccn1C)c1ccc(F)c(Br)c1. The van der Waals surface area contributed by atoms with Gasteiger partial charge in [-0.25, -0.2) is 9.37 Å². The molecule has 0 radical (unpaired) electrons. The molecule has 1 unspecified atom stereocenters. The lowest BCUT2D eigenvalue weighted by Crippen LogP contribution is -2.24. The lowest BCUT2D eigenvalue weighted by atomic mass is 10.0. The van der Waals surface area contributed by atoms with Gasteiger partial charge in [-0.3, -0.25) is 0 Å². The van der Waals surface area contributed by atoms with Crippen LogP contribution in [0.25, 0.3) is 0 Å². The van der Waals surface area contributed by atoms with Crippen LogP contribution in [-0.2, 0) is 13.5 Å². The van der Waals surface area contributed by atoms with Crippen molar-refractivity contribution >= 4 is 15.9 Å². The van der Waals surface area contributed by atoms with Crippen LogP contribution < -0.4 is 5.32 Å². The van der Waals surface area contributed by atoms with Crippen LogP contribution in [0.4, 0.5) is 4.39 Å². The molecule has 0 bridgehead atoms. The first-order chi connectivity index (χ1) is 9.11. The van der Waals surface area contributed by atoms with E-state index < -0.39 is 0 Å². The topological polar surface area (TPSA) is 29.9 Å². The number of hydrogen-bond donors (Lipinski definition) is 1. The molecule has 0 aliphatic heterocycles. The molecule has 19 heavy (non-hydrogen) atoms. The number of nitrogens with zero attached hydrogens (tertiary/aromatic N) is 2. The Morgan fingerprint density at radius 2 is 2.26 bits per heavy atom. The summed E-state index contributed by atoms with van der Waals surface area (Å²) < 4.78 is 15.8. The molecular formula is C14H17BrFN3. The molecular weight excluding hydrogens is 309 g/mol. The average Bonchev–Trinajstić information content (AvgIpc) is 2.78. The highest BCUT2D eigenvalue weighted by Gasteiger charge is 2.15. The fraction of sp³-hybridized carbons (Fsp3) is 0.357. The summed E-state index contributed by atoms with van der Waals surface area (Å²) in [6.45, 7) is 2.91. The number of likely N-dealkylation sites (N-methyl/N-ethyl adjacent to an activating group) is 1. The summed E-state index contributed by atoms with van der Waals surface area (Å²) in [5, 5.41) is 3.41. The zero-order valence-corrected chi connectivity index (χ0v) is 12.6. The monoisotopic (exact) mass is 325 g/mol. The van der Waals surface area contributed by atoms with Crippen LogP contribution in [0.3, 0.4) is 0 Å². The molecule has 2 aromatic rings. The van der Waals surface area contributed by atoms with Crippen LogP contribution in [0.1, 0.15) is 24.4 Å². The Labute approximate surface area is 121 Å². The number of nitrogens with one attached hydrogen (secondary N) is 1. The molecule has 0 fully saturated rings. The molecule has 1 aromatic carbocycles. The predicted octanol–water partition coefficient (Wildman–Crippen LogP) is 3.22. The summed E-state index contributed by atoms with van der Waals surface area (Å²) in [7, 11) is 1.98. The molecule has 2 rings (SSSR count). The molecule has 0 spiro atoms. The number of benzene rings is 1. The van der Waals surface area contributed by atoms with Gasteiger partial charge in [0.2, 0.25) is 0 Å². The molecule has 1 aromatic heterocycles. The zero-order chi connectivity index (χ0) is 13.8. The van der Waals surface area contributed by atoms with Gasteiger partial charge in [0.25, 0.3) is 0 Å². The van der Waals surface area contributed by atoms with Gasteiger partial charge in [0.1, 0.15) is 11.6 Å². The van der Waals surface area contributed by atoms with Gasteiger partial charge in [-0.1, -0.05) is 13.0 Å². The largest absolute Gasteiger partial charge is 0.338 e. The van der Waals surface area contributed by atoms with E-state index in [9.17, 15) is 4.39 Å². The van der Waals surface area contributed by atoms with Crippen molar-refractivity contribution in [3.63, 3.8) is 0 Å². The van der Waals surface area contributed by atoms with Crippen LogP contribution in [0.2, 0.25) is 0 Å². The van der Waals surface area contributed by atoms with E-state index in [-0.39, 0.29) is 11.9 Å². The van der Waals surface area contributed by atoms with Crippen molar-refractivity contribution in [2.24, 2.45) is 7.05 Å². The van der Waals surface area contributed by atoms with Crippen molar-refractivity contribution in [2.45, 2.75) is 19.4 Å². The highest BCUT2D eigenvalue weighted by atomic mass is 79.9. The zero-order valence-electron chi connectivity index (χ0n) is 11.0. The number of aromatic nitrogens is 2. The first-order valence-electron chi connectivity index (χ1n) is 6.26. The molecule has 102 valence electrons. The number of imidazole rings is 1. The Morgan fingerprint density at radius 1 is 1.47 bits per heavy atom. The van der Waals surface area contributed by atoms with Crippen LogP contribution in [0.5, 0.6) is 0 Å². The molecule has 0 amide bonds. The van der Waals surface area contributed by atoms with Crippen molar-refractivity contribution in [1.29, 1.82) is 0 Å². The maximum absolute atomic E-state index is 13.3. The van der Waals surface area contributed by atoms with Gasteiger partial charge >= 0.3 is 0 Å². The van der Waals surface area contributed by atoms with Gasteiger partial charge in [-0.05, 0) is 40.2 Å². The normalized spacial score (nSPS) is 12.6. The standard InChI is InChI=1S/C14H17BrFN3/c1-3-17-13(9-14-18-6-7-19(14)2)10-4-5-12(16)11(15)8-10/h4-8,13,17H,3,9H2,1-2H3. The minimum absolute atomic E-state index is 0.128. The Balaban J connectivity index is 2.24. The lowest BCUT2D eigenvalue weighted by Gasteiger charge is -2.18. The van der Waals surface area contributed by atoms with E-state index in [0.29, 0.717) is 4.47 Å². The summed E-state index contributed by atoms with van der Waals surface area (Å²) >= 11 is 3.23. The van der Waals surface area contributed by atoms with E-state index in [2.05, 4.69) is 33.2 Å². The number of halogens is 2. The first-order valence-corrected chi connectivity index (χ1v) is 7.05. The van der Waals surface area contributed by atoms with Crippen molar-refractivity contribution in [2.75, 3.05) is 6.54 Å². The molecule has 3 nitrogen and oxygen atoms in total. The van der Waals surface area contributed by atoms with Gasteiger partial charge in [0.05, 0.1) is 4.47 Å². The summed E-state index contributed by atoms with van der Waals surface area (Å²) in [4.78, 5) is 4.34. The second kappa shape index (κ2) is 6.30. The smallest absolute Gasteiger partial charge is 0.137 e. The van der Waals surface area contributed by atoms with Gasteiger partial charge in [0.15, 0.2) is 0 Å². The van der Waals surface area contributed by atoms with E-state index in [4.69, 9.17) is 0 Å². The van der Waals surface area contributed by atoms with E-state index in [0.717, 1.165) is 24.4 Å². The van der Waals surface area contributed by atoms with Gasteiger partial charge in [-0.15, -0.1) is 0 Å². The maximum atomic E-state index is 13.3. The summed E-state index contributed by atoms with van der Waals surface area (Å²) in [6, 6.07) is 5.26. The fourth-order valence-corrected chi connectivity index (χ4v) is 2.46. The molecule has 1 N–H and O–H groups in total. The van der Waals surface area contributed by atoms with Crippen LogP contribution in [0.15, 0.2) is 35.1 Å².